The number of nitrogen functional groups attached to an aromatic ring is 1. The van der Waals surface area contributed by atoms with Gasteiger partial charge in [0.1, 0.15) is 46.0 Å². The number of hydrogen-bond donors (Lipinski definition) is 3. The standard InChI is InChI=1S/C35H27ClF6N8O2/c1-15-25-26-29(31(39)40)48-49(30(26)35(41,42)27(15)25)14-24(51)45-22(12-16-10-17(37)13-18(38)11-16)28-20(5-4-19(44-28)8-9-34(2,3)52)21-6-7-23(36)50-32(21)46-47-33(50)43/h4-7,10-11,13,22,25,27,31,52H,1,12,14H2,2-3H3,(H2,43,47)(H,45,51)/t22-,25+,27+/m0/s1. The van der Waals surface area contributed by atoms with Crippen LogP contribution in [0.3, 0.4) is 0 Å². The van der Waals surface area contributed by atoms with Gasteiger partial charge in [0.15, 0.2) is 5.65 Å². The van der Waals surface area contributed by atoms with Gasteiger partial charge in [0.25, 0.3) is 12.3 Å². The molecule has 5 aromatic rings. The van der Waals surface area contributed by atoms with Gasteiger partial charge < -0.3 is 16.2 Å². The van der Waals surface area contributed by atoms with Gasteiger partial charge >= 0.3 is 0 Å². The zero-order valence-electron chi connectivity index (χ0n) is 27.2. The van der Waals surface area contributed by atoms with Gasteiger partial charge in [-0.2, -0.15) is 13.9 Å². The molecular formula is C35H27ClF6N8O2. The molecule has 1 saturated carbocycles. The molecule has 0 unspecified atom stereocenters. The van der Waals surface area contributed by atoms with Crippen LogP contribution in [0.4, 0.5) is 32.3 Å². The molecule has 2 aliphatic rings. The Bertz CT molecular complexity index is 2350. The summed E-state index contributed by atoms with van der Waals surface area (Å²) in [7, 11) is 0. The van der Waals surface area contributed by atoms with Crippen molar-refractivity contribution in [1.29, 1.82) is 0 Å². The Kier molecular flexibility index (Phi) is 8.34. The minimum absolute atomic E-state index is 0.0444. The molecule has 0 saturated heterocycles. The number of alkyl halides is 4. The smallest absolute Gasteiger partial charge is 0.297 e. The summed E-state index contributed by atoms with van der Waals surface area (Å²) in [6.07, 6.45) is -3.50. The zero-order valence-corrected chi connectivity index (χ0v) is 28.0. The zero-order chi connectivity index (χ0) is 37.4. The number of hydrogen-bond acceptors (Lipinski definition) is 7. The van der Waals surface area contributed by atoms with Crippen LogP contribution in [0.2, 0.25) is 5.15 Å². The third-order valence-corrected chi connectivity index (χ3v) is 9.12. The second-order valence-corrected chi connectivity index (χ2v) is 13.5. The third kappa shape index (κ3) is 6.13. The number of benzene rings is 1. The number of anilines is 1. The van der Waals surface area contributed by atoms with Crippen molar-refractivity contribution in [3.8, 4) is 23.0 Å². The first-order valence-electron chi connectivity index (χ1n) is 15.7. The highest BCUT2D eigenvalue weighted by molar-refractivity contribution is 6.30. The van der Waals surface area contributed by atoms with Crippen molar-refractivity contribution >= 4 is 29.1 Å². The molecule has 4 aromatic heterocycles. The van der Waals surface area contributed by atoms with Crippen LogP contribution in [0.5, 0.6) is 0 Å². The average Bonchev–Trinajstić information content (AvgIpc) is 3.28. The van der Waals surface area contributed by atoms with E-state index in [1.165, 1.54) is 30.4 Å². The number of allylic oxidation sites excluding steroid dienone is 1. The number of carbonyl (C=O) groups excluding carboxylic acids is 1. The lowest BCUT2D eigenvalue weighted by atomic mass is 9.95. The Morgan fingerprint density at radius 2 is 1.81 bits per heavy atom. The lowest BCUT2D eigenvalue weighted by Crippen LogP contribution is -2.35. The molecule has 1 fully saturated rings. The van der Waals surface area contributed by atoms with Crippen LogP contribution in [-0.4, -0.2) is 46.0 Å². The minimum Gasteiger partial charge on any atom is -0.378 e. The fourth-order valence-corrected chi connectivity index (χ4v) is 6.92. The van der Waals surface area contributed by atoms with E-state index >= 15 is 8.78 Å². The first-order chi connectivity index (χ1) is 24.4. The fraction of sp³-hybridized carbons (Fsp3) is 0.286. The summed E-state index contributed by atoms with van der Waals surface area (Å²) < 4.78 is 89.7. The van der Waals surface area contributed by atoms with E-state index < -0.39 is 71.3 Å². The Morgan fingerprint density at radius 1 is 1.12 bits per heavy atom. The highest BCUT2D eigenvalue weighted by atomic mass is 35.5. The van der Waals surface area contributed by atoms with Crippen LogP contribution in [0.15, 0.2) is 54.6 Å². The molecule has 52 heavy (non-hydrogen) atoms. The van der Waals surface area contributed by atoms with Crippen LogP contribution in [0.1, 0.15) is 66.1 Å². The molecule has 268 valence electrons. The molecule has 0 spiro atoms. The van der Waals surface area contributed by atoms with E-state index in [4.69, 9.17) is 17.3 Å². The molecule has 1 aromatic carbocycles. The van der Waals surface area contributed by atoms with Crippen molar-refractivity contribution in [2.75, 3.05) is 5.73 Å². The summed E-state index contributed by atoms with van der Waals surface area (Å²) in [5.74, 6) is -3.40. The van der Waals surface area contributed by atoms with Crippen molar-refractivity contribution in [3.63, 3.8) is 0 Å². The highest BCUT2D eigenvalue weighted by Crippen LogP contribution is 2.71. The summed E-state index contributed by atoms with van der Waals surface area (Å²) in [6.45, 7) is 5.57. The van der Waals surface area contributed by atoms with Gasteiger partial charge in [-0.15, -0.1) is 10.2 Å². The van der Waals surface area contributed by atoms with E-state index in [0.29, 0.717) is 21.9 Å². The maximum Gasteiger partial charge on any atom is 0.297 e. The van der Waals surface area contributed by atoms with E-state index in [9.17, 15) is 27.5 Å². The van der Waals surface area contributed by atoms with Gasteiger partial charge in [0, 0.05) is 28.7 Å². The van der Waals surface area contributed by atoms with Crippen LogP contribution in [0, 0.1) is 29.4 Å². The SMILES string of the molecule is C=C1[C@@H]2c3c(C(F)F)nn(CC(=O)N[C@@H](Cc4cc(F)cc(F)c4)c4nc(C#CC(C)(C)O)ccc4-c4ccc(Cl)n5c(N)nnc45)c3C(F)(F)[C@H]12. The number of amides is 1. The van der Waals surface area contributed by atoms with Gasteiger partial charge in [-0.25, -0.2) is 22.5 Å². The van der Waals surface area contributed by atoms with E-state index in [2.05, 4.69) is 44.0 Å². The Balaban J connectivity index is 1.35. The fourth-order valence-electron chi connectivity index (χ4n) is 6.69. The maximum atomic E-state index is 15.5. The van der Waals surface area contributed by atoms with Crippen LogP contribution in [-0.2, 0) is 23.7 Å². The Morgan fingerprint density at radius 3 is 2.48 bits per heavy atom. The molecule has 4 N–H and O–H groups in total. The number of nitrogens with zero attached hydrogens (tertiary/aromatic N) is 6. The molecule has 7 rings (SSSR count). The predicted molar refractivity (Wildman–Crippen MR) is 176 cm³/mol. The second kappa shape index (κ2) is 12.4. The molecule has 0 bridgehead atoms. The van der Waals surface area contributed by atoms with E-state index in [0.717, 1.165) is 12.1 Å². The summed E-state index contributed by atoms with van der Waals surface area (Å²) in [4.78, 5) is 18.5. The molecule has 3 atom stereocenters. The topological polar surface area (TPSA) is 136 Å². The van der Waals surface area contributed by atoms with E-state index in [1.54, 1.807) is 12.1 Å². The van der Waals surface area contributed by atoms with Gasteiger partial charge in [-0.05, 0) is 68.2 Å². The van der Waals surface area contributed by atoms with Crippen LogP contribution in [0.25, 0.3) is 16.8 Å². The lowest BCUT2D eigenvalue weighted by molar-refractivity contribution is -0.122. The van der Waals surface area contributed by atoms with Crippen molar-refractivity contribution in [3.05, 3.63) is 105 Å². The minimum atomic E-state index is -3.60. The third-order valence-electron chi connectivity index (χ3n) is 8.83. The van der Waals surface area contributed by atoms with Crippen LogP contribution < -0.4 is 11.1 Å². The van der Waals surface area contributed by atoms with Gasteiger partial charge in [-0.3, -0.25) is 13.9 Å². The first-order valence-corrected chi connectivity index (χ1v) is 16.1. The van der Waals surface area contributed by atoms with Crippen molar-refractivity contribution in [2.45, 2.75) is 56.7 Å². The van der Waals surface area contributed by atoms with Gasteiger partial charge in [-0.1, -0.05) is 29.7 Å². The number of aromatic nitrogens is 6. The molecule has 17 heteroatoms. The molecular weight excluding hydrogens is 714 g/mol. The van der Waals surface area contributed by atoms with Crippen molar-refractivity contribution < 1.29 is 36.2 Å². The number of rotatable bonds is 8. The number of halogens is 7. The molecule has 10 nitrogen and oxygen atoms in total. The molecule has 2 aliphatic carbocycles. The largest absolute Gasteiger partial charge is 0.378 e. The van der Waals surface area contributed by atoms with Gasteiger partial charge in [0.05, 0.1) is 17.7 Å². The highest BCUT2D eigenvalue weighted by Gasteiger charge is 2.70. The lowest BCUT2D eigenvalue weighted by Gasteiger charge is -2.23. The predicted octanol–water partition coefficient (Wildman–Crippen LogP) is 6.04. The first kappa shape index (κ1) is 35.0. The summed E-state index contributed by atoms with van der Waals surface area (Å²) >= 11 is 6.36. The number of nitrogens with two attached hydrogens (primary N) is 1. The molecule has 0 radical (unpaired) electrons. The molecule has 1 amide bonds. The normalized spacial score (nSPS) is 17.9. The van der Waals surface area contributed by atoms with E-state index in [1.807, 2.05) is 0 Å². The number of pyridine rings is 2. The summed E-state index contributed by atoms with van der Waals surface area (Å²) in [5.41, 5.74) is 3.78. The monoisotopic (exact) mass is 740 g/mol. The quantitative estimate of drug-likeness (QED) is 0.0765. The van der Waals surface area contributed by atoms with Crippen molar-refractivity contribution in [2.24, 2.45) is 5.92 Å². The number of fused-ring (bicyclic) bond motifs is 4. The molecule has 4 heterocycles. The van der Waals surface area contributed by atoms with E-state index in [-0.39, 0.29) is 51.3 Å². The summed E-state index contributed by atoms with van der Waals surface area (Å²) in [6, 6.07) is 7.64. The molecule has 0 aliphatic heterocycles. The number of nitrogens with one attached hydrogen (secondary N) is 1. The average molecular weight is 741 g/mol. The summed E-state index contributed by atoms with van der Waals surface area (Å²) in [5, 5.41) is 24.8. The van der Waals surface area contributed by atoms with Crippen molar-refractivity contribution in [1.82, 2.24) is 34.7 Å². The Labute approximate surface area is 296 Å². The number of carbonyl (C=O) groups is 1. The Hall–Kier alpha value is -5.40. The second-order valence-electron chi connectivity index (χ2n) is 13.1. The maximum absolute atomic E-state index is 15.5. The van der Waals surface area contributed by atoms with Gasteiger partial charge in [0.2, 0.25) is 11.9 Å². The number of aliphatic hydroxyl groups is 1. The van der Waals surface area contributed by atoms with Crippen LogP contribution >= 0.6 is 11.6 Å².